The summed E-state index contributed by atoms with van der Waals surface area (Å²) in [5.74, 6) is -0.607. The molecule has 1 amide bonds. The van der Waals surface area contributed by atoms with Crippen LogP contribution < -0.4 is 10.9 Å². The van der Waals surface area contributed by atoms with Gasteiger partial charge in [-0.05, 0) is 49.2 Å². The van der Waals surface area contributed by atoms with Gasteiger partial charge < -0.3 is 14.6 Å². The molecule has 1 aliphatic rings. The molecule has 27 heavy (non-hydrogen) atoms. The SMILES string of the molecule is O=C(c1cc2ccccc2oc1=O)N1CCC[C@@H](Nc2ccc(F)cc2)C1. The summed E-state index contributed by atoms with van der Waals surface area (Å²) in [5, 5.41) is 4.05. The second kappa shape index (κ2) is 7.23. The topological polar surface area (TPSA) is 62.6 Å². The number of rotatable bonds is 3. The molecule has 1 atom stereocenters. The number of nitrogens with zero attached hydrogens (tertiary/aromatic N) is 1. The van der Waals surface area contributed by atoms with Crippen LogP contribution in [0.2, 0.25) is 0 Å². The van der Waals surface area contributed by atoms with Gasteiger partial charge in [0.05, 0.1) is 0 Å². The van der Waals surface area contributed by atoms with E-state index in [1.807, 2.05) is 12.1 Å². The van der Waals surface area contributed by atoms with Gasteiger partial charge in [0.1, 0.15) is 17.0 Å². The molecular weight excluding hydrogens is 347 g/mol. The smallest absolute Gasteiger partial charge is 0.349 e. The Hall–Kier alpha value is -3.15. The highest BCUT2D eigenvalue weighted by Gasteiger charge is 2.26. The van der Waals surface area contributed by atoms with Gasteiger partial charge in [-0.2, -0.15) is 0 Å². The fraction of sp³-hybridized carbons (Fsp3) is 0.238. The van der Waals surface area contributed by atoms with Crippen molar-refractivity contribution in [1.82, 2.24) is 4.90 Å². The van der Waals surface area contributed by atoms with Crippen LogP contribution in [-0.2, 0) is 0 Å². The first-order valence-corrected chi connectivity index (χ1v) is 8.94. The molecule has 1 aliphatic heterocycles. The van der Waals surface area contributed by atoms with Gasteiger partial charge >= 0.3 is 5.63 Å². The average molecular weight is 366 g/mol. The third kappa shape index (κ3) is 3.69. The van der Waals surface area contributed by atoms with Crippen molar-refractivity contribution in [2.75, 3.05) is 18.4 Å². The van der Waals surface area contributed by atoms with Gasteiger partial charge in [-0.25, -0.2) is 9.18 Å². The third-order valence-electron chi connectivity index (χ3n) is 4.80. The minimum absolute atomic E-state index is 0.0423. The third-order valence-corrected chi connectivity index (χ3v) is 4.80. The Labute approximate surface area is 155 Å². The highest BCUT2D eigenvalue weighted by molar-refractivity contribution is 5.96. The normalized spacial score (nSPS) is 17.1. The highest BCUT2D eigenvalue weighted by atomic mass is 19.1. The van der Waals surface area contributed by atoms with Crippen LogP contribution in [0.25, 0.3) is 11.0 Å². The van der Waals surface area contributed by atoms with Gasteiger partial charge in [0.2, 0.25) is 0 Å². The van der Waals surface area contributed by atoms with E-state index in [1.54, 1.807) is 35.2 Å². The molecule has 0 spiro atoms. The van der Waals surface area contributed by atoms with Gasteiger partial charge in [0.25, 0.3) is 5.91 Å². The number of hydrogen-bond donors (Lipinski definition) is 1. The van der Waals surface area contributed by atoms with Crippen molar-refractivity contribution in [2.45, 2.75) is 18.9 Å². The lowest BCUT2D eigenvalue weighted by Gasteiger charge is -2.33. The number of anilines is 1. The summed E-state index contributed by atoms with van der Waals surface area (Å²) in [5.41, 5.74) is 0.706. The van der Waals surface area contributed by atoms with Gasteiger partial charge in [-0.15, -0.1) is 0 Å². The Kier molecular flexibility index (Phi) is 4.62. The molecule has 0 aliphatic carbocycles. The first kappa shape index (κ1) is 17.3. The van der Waals surface area contributed by atoms with E-state index in [4.69, 9.17) is 4.42 Å². The molecule has 5 nitrogen and oxygen atoms in total. The molecule has 2 heterocycles. The van der Waals surface area contributed by atoms with Crippen LogP contribution >= 0.6 is 0 Å². The molecule has 4 rings (SSSR count). The molecule has 0 bridgehead atoms. The summed E-state index contributed by atoms with van der Waals surface area (Å²) in [7, 11) is 0. The van der Waals surface area contributed by atoms with Crippen LogP contribution in [0.3, 0.4) is 0 Å². The molecule has 1 N–H and O–H groups in total. The summed E-state index contributed by atoms with van der Waals surface area (Å²) < 4.78 is 18.3. The number of benzene rings is 2. The number of halogens is 1. The summed E-state index contributed by atoms with van der Waals surface area (Å²) in [6.45, 7) is 1.06. The fourth-order valence-electron chi connectivity index (χ4n) is 3.44. The Morgan fingerprint density at radius 3 is 2.74 bits per heavy atom. The number of para-hydroxylation sites is 1. The number of nitrogens with one attached hydrogen (secondary N) is 1. The van der Waals surface area contributed by atoms with Crippen molar-refractivity contribution in [2.24, 2.45) is 0 Å². The lowest BCUT2D eigenvalue weighted by molar-refractivity contribution is 0.0710. The summed E-state index contributed by atoms with van der Waals surface area (Å²) in [6.07, 6.45) is 1.72. The number of carbonyl (C=O) groups excluding carboxylic acids is 1. The minimum Gasteiger partial charge on any atom is -0.422 e. The first-order chi connectivity index (χ1) is 13.1. The Balaban J connectivity index is 1.52. The highest BCUT2D eigenvalue weighted by Crippen LogP contribution is 2.19. The monoisotopic (exact) mass is 366 g/mol. The van der Waals surface area contributed by atoms with E-state index in [0.717, 1.165) is 23.9 Å². The van der Waals surface area contributed by atoms with Crippen LogP contribution in [0.15, 0.2) is 63.8 Å². The molecule has 1 fully saturated rings. The van der Waals surface area contributed by atoms with Crippen molar-refractivity contribution >= 4 is 22.6 Å². The zero-order valence-corrected chi connectivity index (χ0v) is 14.7. The number of likely N-dealkylation sites (tertiary alicyclic amines) is 1. The van der Waals surface area contributed by atoms with E-state index in [-0.39, 0.29) is 23.3 Å². The van der Waals surface area contributed by atoms with E-state index in [1.165, 1.54) is 12.1 Å². The van der Waals surface area contributed by atoms with E-state index in [2.05, 4.69) is 5.32 Å². The Morgan fingerprint density at radius 2 is 1.93 bits per heavy atom. The number of hydrogen-bond acceptors (Lipinski definition) is 4. The van der Waals surface area contributed by atoms with Crippen LogP contribution in [0.1, 0.15) is 23.2 Å². The van der Waals surface area contributed by atoms with Crippen LogP contribution in [0.5, 0.6) is 0 Å². The number of piperidine rings is 1. The molecule has 3 aromatic rings. The van der Waals surface area contributed by atoms with Gasteiger partial charge in [-0.3, -0.25) is 4.79 Å². The van der Waals surface area contributed by atoms with Crippen molar-refractivity contribution < 1.29 is 13.6 Å². The molecule has 138 valence electrons. The summed E-state index contributed by atoms with van der Waals surface area (Å²) in [4.78, 5) is 26.8. The zero-order valence-electron chi connectivity index (χ0n) is 14.7. The summed E-state index contributed by atoms with van der Waals surface area (Å²) >= 11 is 0. The van der Waals surface area contributed by atoms with Crippen molar-refractivity contribution in [3.8, 4) is 0 Å². The first-order valence-electron chi connectivity index (χ1n) is 8.94. The van der Waals surface area contributed by atoms with E-state index in [9.17, 15) is 14.0 Å². The van der Waals surface area contributed by atoms with E-state index in [0.29, 0.717) is 18.7 Å². The molecular formula is C21H19FN2O3. The molecule has 6 heteroatoms. The molecule has 0 saturated carbocycles. The second-order valence-electron chi connectivity index (χ2n) is 6.73. The van der Waals surface area contributed by atoms with Gasteiger partial charge in [0.15, 0.2) is 0 Å². The van der Waals surface area contributed by atoms with Gasteiger partial charge in [-0.1, -0.05) is 18.2 Å². The number of carbonyl (C=O) groups is 1. The van der Waals surface area contributed by atoms with Crippen LogP contribution in [-0.4, -0.2) is 29.9 Å². The van der Waals surface area contributed by atoms with Crippen molar-refractivity contribution in [3.05, 3.63) is 76.4 Å². The molecule has 2 aromatic carbocycles. The van der Waals surface area contributed by atoms with Crippen LogP contribution in [0, 0.1) is 5.82 Å². The summed E-state index contributed by atoms with van der Waals surface area (Å²) in [6, 6.07) is 14.9. The maximum absolute atomic E-state index is 13.1. The second-order valence-corrected chi connectivity index (χ2v) is 6.73. The van der Waals surface area contributed by atoms with Crippen molar-refractivity contribution in [1.29, 1.82) is 0 Å². The standard InChI is InChI=1S/C21H19FN2O3/c22-15-7-9-16(10-8-15)23-17-5-3-11-24(13-17)20(25)18-12-14-4-1-2-6-19(14)27-21(18)26/h1-2,4,6-10,12,17,23H,3,5,11,13H2/t17-/m1/s1. The number of fused-ring (bicyclic) bond motifs is 1. The van der Waals surface area contributed by atoms with Crippen LogP contribution in [0.4, 0.5) is 10.1 Å². The molecule has 1 saturated heterocycles. The zero-order chi connectivity index (χ0) is 18.8. The van der Waals surface area contributed by atoms with Gasteiger partial charge in [0, 0.05) is 30.2 Å². The van der Waals surface area contributed by atoms with Crippen molar-refractivity contribution in [3.63, 3.8) is 0 Å². The maximum Gasteiger partial charge on any atom is 0.349 e. The van der Waals surface area contributed by atoms with E-state index >= 15 is 0 Å². The largest absolute Gasteiger partial charge is 0.422 e. The molecule has 0 radical (unpaired) electrons. The lowest BCUT2D eigenvalue weighted by atomic mass is 10.0. The number of amides is 1. The average Bonchev–Trinajstić information content (AvgIpc) is 2.69. The lowest BCUT2D eigenvalue weighted by Crippen LogP contribution is -2.46. The molecule has 1 aromatic heterocycles. The quantitative estimate of drug-likeness (QED) is 0.719. The Morgan fingerprint density at radius 1 is 1.15 bits per heavy atom. The Bertz CT molecular complexity index is 1030. The molecule has 0 unspecified atom stereocenters. The maximum atomic E-state index is 13.1. The van der Waals surface area contributed by atoms with E-state index < -0.39 is 5.63 Å². The predicted molar refractivity (Wildman–Crippen MR) is 101 cm³/mol. The minimum atomic E-state index is -0.618. The predicted octanol–water partition coefficient (Wildman–Crippen LogP) is 3.65. The fourth-order valence-corrected chi connectivity index (χ4v) is 3.44.